The summed E-state index contributed by atoms with van der Waals surface area (Å²) in [7, 11) is 5.14. The van der Waals surface area contributed by atoms with Crippen LogP contribution in [0.25, 0.3) is 0 Å². The summed E-state index contributed by atoms with van der Waals surface area (Å²) in [6.45, 7) is 2.10. The molecule has 1 saturated carbocycles. The van der Waals surface area contributed by atoms with Crippen molar-refractivity contribution in [2.75, 3.05) is 34.2 Å². The number of para-hydroxylation sites is 1. The fourth-order valence-corrected chi connectivity index (χ4v) is 4.63. The predicted octanol–water partition coefficient (Wildman–Crippen LogP) is 0.552. The van der Waals surface area contributed by atoms with Crippen molar-refractivity contribution in [2.45, 2.75) is 56.8 Å². The fourth-order valence-electron chi connectivity index (χ4n) is 4.63. The zero-order valence-electron chi connectivity index (χ0n) is 18.8. The number of hydrogen-bond acceptors (Lipinski definition) is 7. The molecule has 1 heterocycles. The van der Waals surface area contributed by atoms with Crippen LogP contribution in [0.5, 0.6) is 5.75 Å². The number of aliphatic hydroxyl groups excluding tert-OH is 1. The molecule has 3 rings (SSSR count). The first-order chi connectivity index (χ1) is 14.7. The molecule has 1 atom stereocenters. The molecule has 0 spiro atoms. The quantitative estimate of drug-likeness (QED) is 0.351. The van der Waals surface area contributed by atoms with E-state index >= 15 is 0 Å². The highest BCUT2D eigenvalue weighted by Crippen LogP contribution is 2.33. The third-order valence-corrected chi connectivity index (χ3v) is 6.59. The molecule has 1 aromatic rings. The maximum Gasteiger partial charge on any atom is 0.547 e. The number of carbonyl (C=O) groups excluding carboxylic acids is 1. The summed E-state index contributed by atoms with van der Waals surface area (Å²) in [5.41, 5.74) is 0.955. The Morgan fingerprint density at radius 3 is 2.55 bits per heavy atom. The number of fused-ring (bicyclic) bond motifs is 1. The minimum absolute atomic E-state index is 0.0705. The predicted molar refractivity (Wildman–Crippen MR) is 119 cm³/mol. The molecule has 1 aliphatic carbocycles. The van der Waals surface area contributed by atoms with E-state index in [9.17, 15) is 20.0 Å². The van der Waals surface area contributed by atoms with Gasteiger partial charge in [0.2, 0.25) is 5.91 Å². The molecule has 31 heavy (non-hydrogen) atoms. The Morgan fingerprint density at radius 2 is 1.90 bits per heavy atom. The zero-order chi connectivity index (χ0) is 22.5. The molecule has 8 nitrogen and oxygen atoms in total. The molecule has 9 heteroatoms. The van der Waals surface area contributed by atoms with Gasteiger partial charge in [-0.1, -0.05) is 18.2 Å². The van der Waals surface area contributed by atoms with Gasteiger partial charge in [-0.25, -0.2) is 0 Å². The molecule has 4 N–H and O–H groups in total. The van der Waals surface area contributed by atoms with Gasteiger partial charge in [0.05, 0.1) is 5.94 Å². The molecule has 0 radical (unpaired) electrons. The molecule has 0 aromatic heterocycles. The summed E-state index contributed by atoms with van der Waals surface area (Å²) in [6, 6.07) is 5.64. The van der Waals surface area contributed by atoms with E-state index in [1.807, 2.05) is 0 Å². The van der Waals surface area contributed by atoms with Crippen LogP contribution in [-0.4, -0.2) is 84.3 Å². The van der Waals surface area contributed by atoms with Gasteiger partial charge in [0, 0.05) is 31.1 Å². The van der Waals surface area contributed by atoms with Gasteiger partial charge in [-0.3, -0.25) is 4.79 Å². The second-order valence-corrected chi connectivity index (χ2v) is 9.26. The Morgan fingerprint density at radius 1 is 1.19 bits per heavy atom. The van der Waals surface area contributed by atoms with Crippen molar-refractivity contribution in [3.05, 3.63) is 29.3 Å². The summed E-state index contributed by atoms with van der Waals surface area (Å²) in [5, 5.41) is 32.2. The van der Waals surface area contributed by atoms with Gasteiger partial charge in [-0.2, -0.15) is 0 Å². The van der Waals surface area contributed by atoms with Crippen molar-refractivity contribution in [3.63, 3.8) is 0 Å². The highest BCUT2D eigenvalue weighted by molar-refractivity contribution is 6.46. The van der Waals surface area contributed by atoms with Crippen molar-refractivity contribution in [1.82, 2.24) is 15.1 Å². The van der Waals surface area contributed by atoms with Crippen LogP contribution in [0.4, 0.5) is 0 Å². The number of aliphatic hydroxyl groups is 2. The molecule has 172 valence electrons. The molecule has 1 aliphatic heterocycles. The minimum atomic E-state index is -1.68. The van der Waals surface area contributed by atoms with E-state index in [0.717, 1.165) is 44.3 Å². The fraction of sp³-hybridized carbons (Fsp3) is 0.682. The van der Waals surface area contributed by atoms with E-state index in [1.54, 1.807) is 18.2 Å². The van der Waals surface area contributed by atoms with Gasteiger partial charge in [0.1, 0.15) is 5.75 Å². The summed E-state index contributed by atoms with van der Waals surface area (Å²) >= 11 is 0. The van der Waals surface area contributed by atoms with E-state index in [1.165, 1.54) is 0 Å². The smallest absolute Gasteiger partial charge is 0.534 e. The Kier molecular flexibility index (Phi) is 8.35. The van der Waals surface area contributed by atoms with Crippen LogP contribution in [0.2, 0.25) is 0 Å². The molecule has 0 saturated heterocycles. The third-order valence-electron chi connectivity index (χ3n) is 6.59. The first-order valence-electron chi connectivity index (χ1n) is 11.2. The maximum absolute atomic E-state index is 12.6. The lowest BCUT2D eigenvalue weighted by Gasteiger charge is -2.35. The molecule has 0 unspecified atom stereocenters. The van der Waals surface area contributed by atoms with Crippen LogP contribution in [0.15, 0.2) is 18.2 Å². The highest BCUT2D eigenvalue weighted by atomic mass is 16.5. The lowest BCUT2D eigenvalue weighted by molar-refractivity contribution is -0.122. The van der Waals surface area contributed by atoms with Gasteiger partial charge < -0.3 is 35.0 Å². The molecule has 2 aliphatic rings. The van der Waals surface area contributed by atoms with Gasteiger partial charge in [-0.15, -0.1) is 0 Å². The van der Waals surface area contributed by atoms with Gasteiger partial charge >= 0.3 is 7.12 Å². The minimum Gasteiger partial charge on any atom is -0.534 e. The second kappa shape index (κ2) is 10.8. The second-order valence-electron chi connectivity index (χ2n) is 9.26. The number of amides is 1. The SMILES string of the molecule is CN(C)CCN(C)C1CCC(CC(=O)N[C@H]2Cc3cccc(C(O)O)c3OB2O)CC1. The van der Waals surface area contributed by atoms with Gasteiger partial charge in [0.15, 0.2) is 6.29 Å². The molecule has 1 fully saturated rings. The highest BCUT2D eigenvalue weighted by Gasteiger charge is 2.38. The standard InChI is InChI=1S/C22H36BN3O5/c1-25(2)11-12-26(3)17-9-7-15(8-10-17)13-20(27)24-19-14-16-5-4-6-18(22(28)29)21(16)31-23(19)30/h4-6,15,17,19,22,28-30H,7-14H2,1-3H3,(H,24,27)/t15?,17?,19-/m0/s1. The number of likely N-dealkylation sites (N-methyl/N-ethyl adjacent to an activating group) is 2. The topological polar surface area (TPSA) is 106 Å². The first-order valence-corrected chi connectivity index (χ1v) is 11.2. The van der Waals surface area contributed by atoms with Crippen molar-refractivity contribution < 1.29 is 24.7 Å². The molecular formula is C22H36BN3O5. The third kappa shape index (κ3) is 6.43. The normalized spacial score (nSPS) is 23.8. The molecule has 1 aromatic carbocycles. The van der Waals surface area contributed by atoms with Crippen molar-refractivity contribution in [2.24, 2.45) is 5.92 Å². The number of nitrogens with one attached hydrogen (secondary N) is 1. The van der Waals surface area contributed by atoms with Crippen LogP contribution in [-0.2, 0) is 11.2 Å². The number of rotatable bonds is 8. The maximum atomic E-state index is 12.6. The molecule has 0 bridgehead atoms. The average molecular weight is 433 g/mol. The first kappa shape index (κ1) is 24.0. The zero-order valence-corrected chi connectivity index (χ0v) is 18.8. The summed E-state index contributed by atoms with van der Waals surface area (Å²) in [4.78, 5) is 17.3. The molecule has 1 amide bonds. The average Bonchev–Trinajstić information content (AvgIpc) is 2.72. The van der Waals surface area contributed by atoms with Crippen LogP contribution >= 0.6 is 0 Å². The Bertz CT molecular complexity index is 740. The number of nitrogens with zero attached hydrogens (tertiary/aromatic N) is 2. The Labute approximate surface area is 185 Å². The van der Waals surface area contributed by atoms with Gasteiger partial charge in [0.25, 0.3) is 0 Å². The lowest BCUT2D eigenvalue weighted by atomic mass is 9.72. The van der Waals surface area contributed by atoms with E-state index in [4.69, 9.17) is 4.65 Å². The monoisotopic (exact) mass is 433 g/mol. The molecular weight excluding hydrogens is 397 g/mol. The van der Waals surface area contributed by atoms with Crippen LogP contribution in [0.1, 0.15) is 49.5 Å². The number of carbonyl (C=O) groups is 1. The lowest BCUT2D eigenvalue weighted by Crippen LogP contribution is -2.53. The van der Waals surface area contributed by atoms with E-state index in [2.05, 4.69) is 36.3 Å². The van der Waals surface area contributed by atoms with E-state index < -0.39 is 19.3 Å². The van der Waals surface area contributed by atoms with Gasteiger partial charge in [-0.05, 0) is 64.7 Å². The van der Waals surface area contributed by atoms with Crippen LogP contribution in [0.3, 0.4) is 0 Å². The van der Waals surface area contributed by atoms with E-state index in [-0.39, 0.29) is 17.2 Å². The van der Waals surface area contributed by atoms with Crippen molar-refractivity contribution in [1.29, 1.82) is 0 Å². The van der Waals surface area contributed by atoms with Crippen molar-refractivity contribution in [3.8, 4) is 5.75 Å². The summed E-state index contributed by atoms with van der Waals surface area (Å²) in [5.74, 6) is 0.0224. The number of hydrogen-bond donors (Lipinski definition) is 4. The largest absolute Gasteiger partial charge is 0.547 e. The van der Waals surface area contributed by atoms with E-state index in [0.29, 0.717) is 24.8 Å². The van der Waals surface area contributed by atoms with Crippen LogP contribution in [0, 0.1) is 5.92 Å². The summed E-state index contributed by atoms with van der Waals surface area (Å²) < 4.78 is 5.52. The van der Waals surface area contributed by atoms with Crippen LogP contribution < -0.4 is 9.97 Å². The number of benzene rings is 1. The Hall–Kier alpha value is -1.65. The summed E-state index contributed by atoms with van der Waals surface area (Å²) in [6.07, 6.45) is 3.45. The van der Waals surface area contributed by atoms with Crippen molar-refractivity contribution >= 4 is 13.0 Å². The Balaban J connectivity index is 1.47.